The van der Waals surface area contributed by atoms with Crippen molar-refractivity contribution < 1.29 is 4.74 Å². The summed E-state index contributed by atoms with van der Waals surface area (Å²) in [6.07, 6.45) is 0. The van der Waals surface area contributed by atoms with Crippen LogP contribution in [0.5, 0.6) is 5.75 Å². The molecule has 0 bridgehead atoms. The van der Waals surface area contributed by atoms with E-state index in [1.807, 2.05) is 6.92 Å². The van der Waals surface area contributed by atoms with Gasteiger partial charge in [-0.25, -0.2) is 0 Å². The Labute approximate surface area is 81.2 Å². The fourth-order valence-corrected chi connectivity index (χ4v) is 1.25. The van der Waals surface area contributed by atoms with Gasteiger partial charge in [-0.1, -0.05) is 23.2 Å². The van der Waals surface area contributed by atoms with Gasteiger partial charge in [-0.15, -0.1) is 0 Å². The van der Waals surface area contributed by atoms with Crippen molar-refractivity contribution in [1.29, 1.82) is 0 Å². The lowest BCUT2D eigenvalue weighted by Gasteiger charge is -2.07. The van der Waals surface area contributed by atoms with Crippen LogP contribution in [0, 0.1) is 0 Å². The van der Waals surface area contributed by atoms with E-state index in [2.05, 4.69) is 0 Å². The van der Waals surface area contributed by atoms with Gasteiger partial charge in [0.25, 0.3) is 0 Å². The Hall–Kier alpha value is -0.600. The van der Waals surface area contributed by atoms with Gasteiger partial charge in [0.05, 0.1) is 22.3 Å². The van der Waals surface area contributed by atoms with Gasteiger partial charge in [0, 0.05) is 6.07 Å². The highest BCUT2D eigenvalue weighted by molar-refractivity contribution is 6.37. The molecule has 4 heteroatoms. The number of benzene rings is 1. The Morgan fingerprint density at radius 1 is 1.33 bits per heavy atom. The topological polar surface area (TPSA) is 35.2 Å². The highest BCUT2D eigenvalue weighted by Gasteiger charge is 2.04. The van der Waals surface area contributed by atoms with Crippen LogP contribution in [0.4, 0.5) is 5.69 Å². The summed E-state index contributed by atoms with van der Waals surface area (Å²) in [5.41, 5.74) is 6.03. The van der Waals surface area contributed by atoms with Crippen LogP contribution >= 0.6 is 23.2 Å². The Morgan fingerprint density at radius 2 is 2.00 bits per heavy atom. The van der Waals surface area contributed by atoms with Crippen molar-refractivity contribution in [2.75, 3.05) is 12.3 Å². The Balaban J connectivity index is 3.05. The van der Waals surface area contributed by atoms with E-state index in [0.29, 0.717) is 28.1 Å². The lowest BCUT2D eigenvalue weighted by Crippen LogP contribution is -1.94. The molecule has 2 N–H and O–H groups in total. The summed E-state index contributed by atoms with van der Waals surface area (Å²) in [5, 5.41) is 0.930. The van der Waals surface area contributed by atoms with Crippen LogP contribution < -0.4 is 10.5 Å². The van der Waals surface area contributed by atoms with Gasteiger partial charge in [0.2, 0.25) is 0 Å². The molecule has 0 aliphatic heterocycles. The zero-order valence-electron chi connectivity index (χ0n) is 6.60. The minimum atomic E-state index is 0.448. The second-order valence-corrected chi connectivity index (χ2v) is 3.05. The lowest BCUT2D eigenvalue weighted by molar-refractivity contribution is 0.340. The number of hydrogen-bond donors (Lipinski definition) is 1. The Kier molecular flexibility index (Phi) is 3.06. The van der Waals surface area contributed by atoms with Gasteiger partial charge < -0.3 is 10.5 Å². The smallest absolute Gasteiger partial charge is 0.140 e. The van der Waals surface area contributed by atoms with E-state index < -0.39 is 0 Å². The van der Waals surface area contributed by atoms with Gasteiger partial charge in [0.15, 0.2) is 0 Å². The third-order valence-corrected chi connectivity index (χ3v) is 1.97. The summed E-state index contributed by atoms with van der Waals surface area (Å²) in [4.78, 5) is 0. The van der Waals surface area contributed by atoms with Crippen LogP contribution in [-0.2, 0) is 0 Å². The molecule has 12 heavy (non-hydrogen) atoms. The minimum absolute atomic E-state index is 0.448. The molecule has 0 aliphatic rings. The molecule has 0 aromatic heterocycles. The predicted molar refractivity (Wildman–Crippen MR) is 52.0 cm³/mol. The van der Waals surface area contributed by atoms with Crippen molar-refractivity contribution in [2.24, 2.45) is 0 Å². The van der Waals surface area contributed by atoms with Crippen LogP contribution in [0.25, 0.3) is 0 Å². The summed E-state index contributed by atoms with van der Waals surface area (Å²) in [5.74, 6) is 0.570. The third-order valence-electron chi connectivity index (χ3n) is 1.35. The van der Waals surface area contributed by atoms with Gasteiger partial charge in [-0.2, -0.15) is 0 Å². The van der Waals surface area contributed by atoms with Crippen LogP contribution in [0.3, 0.4) is 0 Å². The van der Waals surface area contributed by atoms with E-state index in [0.717, 1.165) is 0 Å². The van der Waals surface area contributed by atoms with Crippen LogP contribution in [0.1, 0.15) is 6.92 Å². The molecular formula is C8H9Cl2NO. The van der Waals surface area contributed by atoms with Gasteiger partial charge in [0.1, 0.15) is 5.75 Å². The zero-order valence-corrected chi connectivity index (χ0v) is 8.12. The summed E-state index contributed by atoms with van der Waals surface area (Å²) in [7, 11) is 0. The fourth-order valence-electron chi connectivity index (χ4n) is 0.811. The van der Waals surface area contributed by atoms with Crippen LogP contribution in [0.15, 0.2) is 12.1 Å². The molecule has 2 nitrogen and oxygen atoms in total. The normalized spacial score (nSPS) is 9.92. The highest BCUT2D eigenvalue weighted by atomic mass is 35.5. The van der Waals surface area contributed by atoms with E-state index in [-0.39, 0.29) is 0 Å². The number of hydrogen-bond acceptors (Lipinski definition) is 2. The van der Waals surface area contributed by atoms with E-state index >= 15 is 0 Å². The largest absolute Gasteiger partial charge is 0.492 e. The van der Waals surface area contributed by atoms with Crippen LogP contribution in [-0.4, -0.2) is 6.61 Å². The first kappa shape index (κ1) is 9.49. The standard InChI is InChI=1S/C8H9Cl2NO/c1-2-12-8-4-7(11)5(9)3-6(8)10/h3-4H,2,11H2,1H3. The van der Waals surface area contributed by atoms with Gasteiger partial charge in [-0.05, 0) is 13.0 Å². The average Bonchev–Trinajstić information content (AvgIpc) is 2.01. The van der Waals surface area contributed by atoms with E-state index in [4.69, 9.17) is 33.7 Å². The number of halogens is 2. The Bertz CT molecular complexity index is 289. The van der Waals surface area contributed by atoms with Crippen molar-refractivity contribution in [3.8, 4) is 5.75 Å². The maximum absolute atomic E-state index is 5.82. The minimum Gasteiger partial charge on any atom is -0.492 e. The molecular weight excluding hydrogens is 197 g/mol. The highest BCUT2D eigenvalue weighted by Crippen LogP contribution is 2.32. The summed E-state index contributed by atoms with van der Waals surface area (Å²) in [6.45, 7) is 2.43. The molecule has 1 aromatic rings. The first-order valence-corrected chi connectivity index (χ1v) is 4.28. The van der Waals surface area contributed by atoms with Crippen molar-refractivity contribution in [1.82, 2.24) is 0 Å². The molecule has 0 atom stereocenters. The van der Waals surface area contributed by atoms with Crippen molar-refractivity contribution in [3.63, 3.8) is 0 Å². The summed E-state index contributed by atoms with van der Waals surface area (Å²) >= 11 is 11.5. The fraction of sp³-hybridized carbons (Fsp3) is 0.250. The van der Waals surface area contributed by atoms with Gasteiger partial charge in [-0.3, -0.25) is 0 Å². The van der Waals surface area contributed by atoms with E-state index in [9.17, 15) is 0 Å². The first-order valence-electron chi connectivity index (χ1n) is 3.52. The molecule has 0 saturated carbocycles. The molecule has 0 spiro atoms. The van der Waals surface area contributed by atoms with E-state index in [1.165, 1.54) is 0 Å². The molecule has 1 rings (SSSR count). The average molecular weight is 206 g/mol. The lowest BCUT2D eigenvalue weighted by atomic mass is 10.3. The molecule has 0 radical (unpaired) electrons. The number of nitrogen functional groups attached to an aromatic ring is 1. The zero-order chi connectivity index (χ0) is 9.14. The predicted octanol–water partition coefficient (Wildman–Crippen LogP) is 2.97. The molecule has 0 saturated heterocycles. The second kappa shape index (κ2) is 3.87. The molecule has 0 amide bonds. The van der Waals surface area contributed by atoms with Gasteiger partial charge >= 0.3 is 0 Å². The molecule has 0 aliphatic carbocycles. The van der Waals surface area contributed by atoms with Crippen molar-refractivity contribution in [2.45, 2.75) is 6.92 Å². The molecule has 1 aromatic carbocycles. The SMILES string of the molecule is CCOc1cc(N)c(Cl)cc1Cl. The second-order valence-electron chi connectivity index (χ2n) is 2.24. The number of nitrogens with two attached hydrogens (primary N) is 1. The molecule has 0 unspecified atom stereocenters. The number of anilines is 1. The maximum Gasteiger partial charge on any atom is 0.140 e. The van der Waals surface area contributed by atoms with Crippen molar-refractivity contribution in [3.05, 3.63) is 22.2 Å². The Morgan fingerprint density at radius 3 is 2.58 bits per heavy atom. The third kappa shape index (κ3) is 1.96. The number of rotatable bonds is 2. The molecule has 66 valence electrons. The quantitative estimate of drug-likeness (QED) is 0.755. The van der Waals surface area contributed by atoms with E-state index in [1.54, 1.807) is 12.1 Å². The first-order chi connectivity index (χ1) is 5.65. The van der Waals surface area contributed by atoms with Crippen molar-refractivity contribution >= 4 is 28.9 Å². The van der Waals surface area contributed by atoms with Crippen LogP contribution in [0.2, 0.25) is 10.0 Å². The molecule has 0 heterocycles. The molecule has 0 fully saturated rings. The summed E-state index contributed by atoms with van der Waals surface area (Å²) in [6, 6.07) is 3.19. The maximum atomic E-state index is 5.82. The number of ether oxygens (including phenoxy) is 1. The summed E-state index contributed by atoms with van der Waals surface area (Å²) < 4.78 is 5.20. The monoisotopic (exact) mass is 205 g/mol.